The molecule has 1 unspecified atom stereocenters. The molecule has 0 spiro atoms. The molecule has 2 aliphatic rings. The van der Waals surface area contributed by atoms with E-state index in [0.29, 0.717) is 0 Å². The second-order valence-corrected chi connectivity index (χ2v) is 8.46. The fourth-order valence-corrected chi connectivity index (χ4v) is 3.44. The Morgan fingerprint density at radius 2 is 1.79 bits per heavy atom. The Balaban J connectivity index is 1.83. The van der Waals surface area contributed by atoms with E-state index in [4.69, 9.17) is 9.31 Å². The smallest absolute Gasteiger partial charge is 0.399 e. The lowest BCUT2D eigenvalue weighted by Gasteiger charge is -2.33. The maximum atomic E-state index is 14.4. The van der Waals surface area contributed by atoms with Gasteiger partial charge in [0, 0.05) is 24.1 Å². The normalized spacial score (nSPS) is 24.5. The van der Waals surface area contributed by atoms with E-state index in [9.17, 15) is 22.4 Å². The number of amides is 1. The van der Waals surface area contributed by atoms with Crippen LogP contribution in [0.3, 0.4) is 0 Å². The Bertz CT molecular complexity index is 750. The van der Waals surface area contributed by atoms with Gasteiger partial charge in [-0.15, -0.1) is 0 Å². The van der Waals surface area contributed by atoms with Crippen LogP contribution in [-0.2, 0) is 9.31 Å². The number of hydrogen-bond donors (Lipinski definition) is 0. The highest BCUT2D eigenvalue weighted by atomic mass is 19.4. The first-order valence-corrected chi connectivity index (χ1v) is 9.33. The summed E-state index contributed by atoms with van der Waals surface area (Å²) in [4.78, 5) is 13.9. The SMILES string of the molecule is CC1(C)OB(c2cc(C(=O)N3CCCC(C(F)(F)F)C3)ccc2F)OC1(C)C. The van der Waals surface area contributed by atoms with Crippen LogP contribution >= 0.6 is 0 Å². The molecule has 0 N–H and O–H groups in total. The molecule has 0 saturated carbocycles. The average Bonchev–Trinajstić information content (AvgIpc) is 2.81. The molecule has 1 atom stereocenters. The molecule has 2 heterocycles. The highest BCUT2D eigenvalue weighted by Crippen LogP contribution is 2.37. The molecule has 9 heteroatoms. The molecule has 4 nitrogen and oxygen atoms in total. The lowest BCUT2D eigenvalue weighted by molar-refractivity contribution is -0.184. The minimum Gasteiger partial charge on any atom is -0.399 e. The molecule has 0 aromatic heterocycles. The lowest BCUT2D eigenvalue weighted by atomic mass is 9.77. The molecule has 1 amide bonds. The predicted molar refractivity (Wildman–Crippen MR) is 96.8 cm³/mol. The van der Waals surface area contributed by atoms with Crippen LogP contribution in [0.15, 0.2) is 18.2 Å². The van der Waals surface area contributed by atoms with Gasteiger partial charge in [-0.2, -0.15) is 13.2 Å². The minimum atomic E-state index is -4.34. The van der Waals surface area contributed by atoms with Gasteiger partial charge in [0.2, 0.25) is 0 Å². The van der Waals surface area contributed by atoms with Crippen LogP contribution < -0.4 is 5.46 Å². The summed E-state index contributed by atoms with van der Waals surface area (Å²) in [7, 11) is -0.998. The van der Waals surface area contributed by atoms with Gasteiger partial charge in [0.15, 0.2) is 0 Å². The summed E-state index contributed by atoms with van der Waals surface area (Å²) in [6, 6.07) is 3.72. The molecule has 0 aliphatic carbocycles. The topological polar surface area (TPSA) is 38.8 Å². The summed E-state index contributed by atoms with van der Waals surface area (Å²) >= 11 is 0. The summed E-state index contributed by atoms with van der Waals surface area (Å²) in [6.45, 7) is 7.16. The van der Waals surface area contributed by atoms with Crippen LogP contribution in [0.25, 0.3) is 0 Å². The molecule has 28 heavy (non-hydrogen) atoms. The summed E-state index contributed by atoms with van der Waals surface area (Å²) in [6.07, 6.45) is -4.05. The lowest BCUT2D eigenvalue weighted by Crippen LogP contribution is -2.45. The van der Waals surface area contributed by atoms with Gasteiger partial charge in [-0.25, -0.2) is 4.39 Å². The minimum absolute atomic E-state index is 0.00979. The molecule has 0 radical (unpaired) electrons. The zero-order chi connectivity index (χ0) is 20.9. The van der Waals surface area contributed by atoms with Crippen molar-refractivity contribution in [1.29, 1.82) is 0 Å². The number of carbonyl (C=O) groups excluding carboxylic acids is 1. The number of benzene rings is 1. The van der Waals surface area contributed by atoms with Crippen LogP contribution in [0, 0.1) is 11.7 Å². The number of carbonyl (C=O) groups is 1. The molecule has 2 aliphatic heterocycles. The van der Waals surface area contributed by atoms with Crippen LogP contribution in [0.2, 0.25) is 0 Å². The first-order chi connectivity index (χ1) is 12.8. The number of hydrogen-bond acceptors (Lipinski definition) is 3. The van der Waals surface area contributed by atoms with Gasteiger partial charge >= 0.3 is 13.3 Å². The standard InChI is InChI=1S/C19H24BF4NO3/c1-17(2)18(3,4)28-20(27-17)14-10-12(7-8-15(14)21)16(26)25-9-5-6-13(11-25)19(22,23)24/h7-8,10,13H,5-6,9,11H2,1-4H3. The quantitative estimate of drug-likeness (QED) is 0.562. The number of nitrogens with zero attached hydrogens (tertiary/aromatic N) is 1. The Morgan fingerprint density at radius 1 is 1.18 bits per heavy atom. The predicted octanol–water partition coefficient (Wildman–Crippen LogP) is 3.54. The second-order valence-electron chi connectivity index (χ2n) is 8.46. The van der Waals surface area contributed by atoms with Crippen LogP contribution in [0.5, 0.6) is 0 Å². The van der Waals surface area contributed by atoms with Crippen LogP contribution in [0.4, 0.5) is 17.6 Å². The molecule has 1 aromatic rings. The summed E-state index contributed by atoms with van der Waals surface area (Å²) in [5.74, 6) is -2.68. The van der Waals surface area contributed by atoms with E-state index < -0.39 is 42.1 Å². The third kappa shape index (κ3) is 3.92. The highest BCUT2D eigenvalue weighted by molar-refractivity contribution is 6.62. The fraction of sp³-hybridized carbons (Fsp3) is 0.632. The van der Waals surface area contributed by atoms with Gasteiger partial charge in [0.1, 0.15) is 5.82 Å². The Labute approximate surface area is 162 Å². The van der Waals surface area contributed by atoms with Gasteiger partial charge in [0.05, 0.1) is 17.1 Å². The number of halogens is 4. The molecular formula is C19H24BF4NO3. The first-order valence-electron chi connectivity index (χ1n) is 9.33. The van der Waals surface area contributed by atoms with Crippen molar-refractivity contribution in [3.63, 3.8) is 0 Å². The Kier molecular flexibility index (Phi) is 5.29. The van der Waals surface area contributed by atoms with Crippen molar-refractivity contribution >= 4 is 18.5 Å². The number of rotatable bonds is 2. The van der Waals surface area contributed by atoms with Crippen molar-refractivity contribution in [1.82, 2.24) is 4.90 Å². The monoisotopic (exact) mass is 401 g/mol. The third-order valence-corrected chi connectivity index (χ3v) is 5.92. The van der Waals surface area contributed by atoms with Gasteiger partial charge in [-0.1, -0.05) is 0 Å². The zero-order valence-corrected chi connectivity index (χ0v) is 16.4. The molecule has 1 aromatic carbocycles. The maximum absolute atomic E-state index is 14.4. The fourth-order valence-electron chi connectivity index (χ4n) is 3.44. The van der Waals surface area contributed by atoms with Gasteiger partial charge < -0.3 is 14.2 Å². The van der Waals surface area contributed by atoms with Crippen molar-refractivity contribution in [2.45, 2.75) is 57.9 Å². The van der Waals surface area contributed by atoms with E-state index in [1.807, 2.05) is 27.7 Å². The molecule has 0 bridgehead atoms. The van der Waals surface area contributed by atoms with Gasteiger partial charge in [0.25, 0.3) is 5.91 Å². The molecule has 2 fully saturated rings. The van der Waals surface area contributed by atoms with E-state index in [-0.39, 0.29) is 37.0 Å². The maximum Gasteiger partial charge on any atom is 0.497 e. The third-order valence-electron chi connectivity index (χ3n) is 5.92. The largest absolute Gasteiger partial charge is 0.497 e. The van der Waals surface area contributed by atoms with Gasteiger partial charge in [-0.3, -0.25) is 4.79 Å². The van der Waals surface area contributed by atoms with Crippen molar-refractivity contribution in [3.05, 3.63) is 29.6 Å². The van der Waals surface area contributed by atoms with Crippen molar-refractivity contribution in [2.24, 2.45) is 5.92 Å². The highest BCUT2D eigenvalue weighted by Gasteiger charge is 2.52. The van der Waals surface area contributed by atoms with E-state index in [1.165, 1.54) is 17.0 Å². The van der Waals surface area contributed by atoms with Crippen LogP contribution in [0.1, 0.15) is 50.9 Å². The van der Waals surface area contributed by atoms with Crippen molar-refractivity contribution in [3.8, 4) is 0 Å². The summed E-state index contributed by atoms with van der Waals surface area (Å²) < 4.78 is 65.2. The van der Waals surface area contributed by atoms with E-state index in [2.05, 4.69) is 0 Å². The van der Waals surface area contributed by atoms with Gasteiger partial charge in [-0.05, 0) is 58.7 Å². The zero-order valence-electron chi connectivity index (χ0n) is 16.4. The van der Waals surface area contributed by atoms with E-state index in [1.54, 1.807) is 0 Å². The Morgan fingerprint density at radius 3 is 2.36 bits per heavy atom. The molecule has 3 rings (SSSR count). The van der Waals surface area contributed by atoms with Crippen molar-refractivity contribution in [2.75, 3.05) is 13.1 Å². The van der Waals surface area contributed by atoms with E-state index in [0.717, 1.165) is 6.07 Å². The molecule has 2 saturated heterocycles. The first kappa shape index (κ1) is 21.1. The molecular weight excluding hydrogens is 377 g/mol. The van der Waals surface area contributed by atoms with Crippen LogP contribution in [-0.4, -0.2) is 48.4 Å². The number of alkyl halides is 3. The number of likely N-dealkylation sites (tertiary alicyclic amines) is 1. The average molecular weight is 401 g/mol. The summed E-state index contributed by atoms with van der Waals surface area (Å²) in [5.41, 5.74) is -1.18. The molecule has 154 valence electrons. The second kappa shape index (κ2) is 7.02. The Hall–Kier alpha value is -1.61. The summed E-state index contributed by atoms with van der Waals surface area (Å²) in [5, 5.41) is 0. The van der Waals surface area contributed by atoms with E-state index >= 15 is 0 Å². The van der Waals surface area contributed by atoms with Crippen molar-refractivity contribution < 1.29 is 31.7 Å². The number of piperidine rings is 1.